The Balaban J connectivity index is 1.88. The molecule has 3 rings (SSSR count). The highest BCUT2D eigenvalue weighted by Crippen LogP contribution is 2.37. The van der Waals surface area contributed by atoms with Gasteiger partial charge < -0.3 is 5.73 Å². The normalized spacial score (nSPS) is 15.3. The van der Waals surface area contributed by atoms with Gasteiger partial charge in [-0.3, -0.25) is 0 Å². The maximum Gasteiger partial charge on any atom is 0.127 e. The van der Waals surface area contributed by atoms with Crippen molar-refractivity contribution < 1.29 is 4.39 Å². The number of rotatable bonds is 3. The lowest BCUT2D eigenvalue weighted by molar-refractivity contribution is 0.420. The average Bonchev–Trinajstić information content (AvgIpc) is 2.38. The van der Waals surface area contributed by atoms with E-state index in [1.807, 2.05) is 12.1 Å². The quantitative estimate of drug-likeness (QED) is 0.873. The van der Waals surface area contributed by atoms with Crippen LogP contribution in [-0.4, -0.2) is 0 Å². The lowest BCUT2D eigenvalue weighted by Crippen LogP contribution is -2.08. The molecule has 2 heteroatoms. The summed E-state index contributed by atoms with van der Waals surface area (Å²) < 4.78 is 13.4. The fourth-order valence-electron chi connectivity index (χ4n) is 2.60. The van der Waals surface area contributed by atoms with E-state index in [0.29, 0.717) is 5.56 Å². The summed E-state index contributed by atoms with van der Waals surface area (Å²) in [5.41, 5.74) is 9.70. The van der Waals surface area contributed by atoms with E-state index in [1.54, 1.807) is 0 Å². The predicted molar refractivity (Wildman–Crippen MR) is 76.3 cm³/mol. The van der Waals surface area contributed by atoms with Gasteiger partial charge in [-0.15, -0.1) is 0 Å². The summed E-state index contributed by atoms with van der Waals surface area (Å²) >= 11 is 0. The molecule has 0 saturated heterocycles. The van der Waals surface area contributed by atoms with Crippen LogP contribution in [0.1, 0.15) is 36.3 Å². The molecule has 98 valence electrons. The topological polar surface area (TPSA) is 26.0 Å². The molecule has 2 N–H and O–H groups in total. The molecule has 19 heavy (non-hydrogen) atoms. The molecule has 1 fully saturated rings. The smallest absolute Gasteiger partial charge is 0.127 e. The number of halogens is 1. The average molecular weight is 255 g/mol. The molecule has 2 aromatic carbocycles. The molecule has 0 amide bonds. The molecule has 0 unspecified atom stereocenters. The Labute approximate surface area is 113 Å². The number of hydrogen-bond donors (Lipinski definition) is 1. The summed E-state index contributed by atoms with van der Waals surface area (Å²) in [6.07, 6.45) is 3.98. The van der Waals surface area contributed by atoms with Crippen LogP contribution in [0.2, 0.25) is 0 Å². The summed E-state index contributed by atoms with van der Waals surface area (Å²) in [7, 11) is 0. The Kier molecular flexibility index (Phi) is 3.34. The first-order valence-corrected chi connectivity index (χ1v) is 6.87. The number of benzene rings is 2. The molecule has 0 atom stereocenters. The van der Waals surface area contributed by atoms with Crippen molar-refractivity contribution in [2.24, 2.45) is 5.73 Å². The van der Waals surface area contributed by atoms with Gasteiger partial charge in [0.05, 0.1) is 0 Å². The van der Waals surface area contributed by atoms with E-state index in [0.717, 1.165) is 17.0 Å². The van der Waals surface area contributed by atoms with Crippen LogP contribution >= 0.6 is 0 Å². The van der Waals surface area contributed by atoms with Gasteiger partial charge in [-0.1, -0.05) is 36.8 Å². The predicted octanol–water partition coefficient (Wildman–Crippen LogP) is 4.22. The largest absolute Gasteiger partial charge is 0.326 e. The van der Waals surface area contributed by atoms with Gasteiger partial charge >= 0.3 is 0 Å². The van der Waals surface area contributed by atoms with Gasteiger partial charge in [0, 0.05) is 12.1 Å². The Morgan fingerprint density at radius 1 is 1.00 bits per heavy atom. The minimum atomic E-state index is -0.225. The van der Waals surface area contributed by atoms with Gasteiger partial charge in [-0.25, -0.2) is 4.39 Å². The lowest BCUT2D eigenvalue weighted by atomic mass is 9.80. The molecule has 0 aromatic heterocycles. The molecule has 0 bridgehead atoms. The fraction of sp³-hybridized carbons (Fsp3) is 0.294. The van der Waals surface area contributed by atoms with E-state index in [-0.39, 0.29) is 12.4 Å². The van der Waals surface area contributed by atoms with Gasteiger partial charge in [0.2, 0.25) is 0 Å². The van der Waals surface area contributed by atoms with Gasteiger partial charge in [0.1, 0.15) is 5.82 Å². The van der Waals surface area contributed by atoms with Gasteiger partial charge in [0.15, 0.2) is 0 Å². The fourth-order valence-corrected chi connectivity index (χ4v) is 2.60. The summed E-state index contributed by atoms with van der Waals surface area (Å²) in [5, 5.41) is 0. The third-order valence-electron chi connectivity index (χ3n) is 4.09. The van der Waals surface area contributed by atoms with Crippen molar-refractivity contribution in [2.75, 3.05) is 0 Å². The van der Waals surface area contributed by atoms with Crippen molar-refractivity contribution in [1.82, 2.24) is 0 Å². The van der Waals surface area contributed by atoms with E-state index in [2.05, 4.69) is 24.3 Å². The van der Waals surface area contributed by atoms with Crippen LogP contribution in [0.3, 0.4) is 0 Å². The highest BCUT2D eigenvalue weighted by molar-refractivity contribution is 5.64. The third-order valence-corrected chi connectivity index (χ3v) is 4.09. The van der Waals surface area contributed by atoms with Crippen molar-refractivity contribution in [1.29, 1.82) is 0 Å². The molecule has 1 nitrogen and oxygen atoms in total. The number of nitrogens with two attached hydrogens (primary N) is 1. The zero-order valence-electron chi connectivity index (χ0n) is 10.9. The van der Waals surface area contributed by atoms with Gasteiger partial charge in [0.25, 0.3) is 0 Å². The van der Waals surface area contributed by atoms with E-state index in [9.17, 15) is 4.39 Å². The number of hydrogen-bond acceptors (Lipinski definition) is 1. The standard InChI is InChI=1S/C17H18FN/c18-17-9-8-15(10-16(17)11-19)14-6-4-13(5-7-14)12-2-1-3-12/h4-10,12H,1-3,11,19H2. The molecule has 1 saturated carbocycles. The lowest BCUT2D eigenvalue weighted by Gasteiger charge is -2.25. The van der Waals surface area contributed by atoms with E-state index in [4.69, 9.17) is 5.73 Å². The molecular formula is C17H18FN. The van der Waals surface area contributed by atoms with Crippen LogP contribution in [0.5, 0.6) is 0 Å². The van der Waals surface area contributed by atoms with Crippen molar-refractivity contribution >= 4 is 0 Å². The third kappa shape index (κ3) is 2.41. The van der Waals surface area contributed by atoms with E-state index >= 15 is 0 Å². The van der Waals surface area contributed by atoms with E-state index < -0.39 is 0 Å². The summed E-state index contributed by atoms with van der Waals surface area (Å²) in [4.78, 5) is 0. The second kappa shape index (κ2) is 5.14. The maximum atomic E-state index is 13.4. The minimum Gasteiger partial charge on any atom is -0.326 e. The second-order valence-electron chi connectivity index (χ2n) is 5.26. The Morgan fingerprint density at radius 3 is 2.26 bits per heavy atom. The Bertz CT molecular complexity index is 570. The van der Waals surface area contributed by atoms with Crippen molar-refractivity contribution in [2.45, 2.75) is 31.7 Å². The first-order chi connectivity index (χ1) is 9.28. The highest BCUT2D eigenvalue weighted by atomic mass is 19.1. The second-order valence-corrected chi connectivity index (χ2v) is 5.26. The van der Waals surface area contributed by atoms with Crippen LogP contribution in [0.25, 0.3) is 11.1 Å². The van der Waals surface area contributed by atoms with Crippen LogP contribution in [0.15, 0.2) is 42.5 Å². The van der Waals surface area contributed by atoms with Crippen LogP contribution in [-0.2, 0) is 6.54 Å². The monoisotopic (exact) mass is 255 g/mol. The molecule has 0 heterocycles. The summed E-state index contributed by atoms with van der Waals surface area (Å²) in [6, 6.07) is 13.8. The van der Waals surface area contributed by atoms with E-state index in [1.165, 1.54) is 30.9 Å². The van der Waals surface area contributed by atoms with Crippen LogP contribution in [0, 0.1) is 5.82 Å². The molecule has 0 spiro atoms. The van der Waals surface area contributed by atoms with Crippen molar-refractivity contribution in [3.05, 3.63) is 59.4 Å². The first kappa shape index (κ1) is 12.4. The minimum absolute atomic E-state index is 0.225. The van der Waals surface area contributed by atoms with Gasteiger partial charge in [-0.2, -0.15) is 0 Å². The molecular weight excluding hydrogens is 237 g/mol. The molecule has 0 radical (unpaired) electrons. The Hall–Kier alpha value is -1.67. The molecule has 1 aliphatic carbocycles. The SMILES string of the molecule is NCc1cc(-c2ccc(C3CCC3)cc2)ccc1F. The van der Waals surface area contributed by atoms with Crippen LogP contribution < -0.4 is 5.73 Å². The first-order valence-electron chi connectivity index (χ1n) is 6.87. The molecule has 0 aliphatic heterocycles. The molecule has 1 aliphatic rings. The van der Waals surface area contributed by atoms with Gasteiger partial charge in [-0.05, 0) is 47.6 Å². The van der Waals surface area contributed by atoms with Crippen LogP contribution in [0.4, 0.5) is 4.39 Å². The summed E-state index contributed by atoms with van der Waals surface area (Å²) in [6.45, 7) is 0.236. The molecule has 2 aromatic rings. The zero-order valence-corrected chi connectivity index (χ0v) is 10.9. The highest BCUT2D eigenvalue weighted by Gasteiger charge is 2.19. The van der Waals surface area contributed by atoms with Crippen molar-refractivity contribution in [3.63, 3.8) is 0 Å². The zero-order chi connectivity index (χ0) is 13.2. The Morgan fingerprint density at radius 2 is 1.68 bits per heavy atom. The van der Waals surface area contributed by atoms with Crippen molar-refractivity contribution in [3.8, 4) is 11.1 Å². The summed E-state index contributed by atoms with van der Waals surface area (Å²) in [5.74, 6) is 0.527. The maximum absolute atomic E-state index is 13.4.